The SMILES string of the molecule is O=C(c1ccccn1)N1CCOC[C@]2(CCN(Cc3nccs3)C2)C1. The molecular formula is C18H22N4O2S. The first-order valence-corrected chi connectivity index (χ1v) is 9.51. The minimum Gasteiger partial charge on any atom is -0.379 e. The smallest absolute Gasteiger partial charge is 0.272 e. The predicted molar refractivity (Wildman–Crippen MR) is 95.4 cm³/mol. The van der Waals surface area contributed by atoms with Crippen molar-refractivity contribution in [2.75, 3.05) is 39.4 Å². The van der Waals surface area contributed by atoms with Crippen LogP contribution in [0.3, 0.4) is 0 Å². The van der Waals surface area contributed by atoms with E-state index in [1.165, 1.54) is 0 Å². The van der Waals surface area contributed by atoms with Gasteiger partial charge in [0.15, 0.2) is 0 Å². The molecule has 2 saturated heterocycles. The lowest BCUT2D eigenvalue weighted by Crippen LogP contribution is -2.43. The molecule has 0 bridgehead atoms. The molecule has 0 N–H and O–H groups in total. The molecule has 2 fully saturated rings. The number of hydrogen-bond donors (Lipinski definition) is 0. The summed E-state index contributed by atoms with van der Waals surface area (Å²) in [5.74, 6) is 0.00356. The highest BCUT2D eigenvalue weighted by Crippen LogP contribution is 2.34. The van der Waals surface area contributed by atoms with Gasteiger partial charge in [0.05, 0.1) is 19.8 Å². The van der Waals surface area contributed by atoms with E-state index >= 15 is 0 Å². The summed E-state index contributed by atoms with van der Waals surface area (Å²) in [6.45, 7) is 5.52. The molecule has 2 aromatic rings. The average molecular weight is 358 g/mol. The summed E-state index contributed by atoms with van der Waals surface area (Å²) >= 11 is 1.69. The van der Waals surface area contributed by atoms with Crippen LogP contribution in [-0.2, 0) is 11.3 Å². The molecule has 132 valence electrons. The molecule has 7 heteroatoms. The van der Waals surface area contributed by atoms with Crippen molar-refractivity contribution in [1.29, 1.82) is 0 Å². The number of likely N-dealkylation sites (tertiary alicyclic amines) is 1. The van der Waals surface area contributed by atoms with Gasteiger partial charge in [0, 0.05) is 42.8 Å². The standard InChI is InChI=1S/C18H22N4O2S/c23-17(15-3-1-2-5-19-15)22-8-9-24-14-18(13-22)4-7-21(12-18)11-16-20-6-10-25-16/h1-3,5-6,10H,4,7-9,11-14H2/t18-/m0/s1. The monoisotopic (exact) mass is 358 g/mol. The van der Waals surface area contributed by atoms with Crippen LogP contribution in [0.4, 0.5) is 0 Å². The van der Waals surface area contributed by atoms with Gasteiger partial charge >= 0.3 is 0 Å². The minimum atomic E-state index is 0.00356. The third-order valence-corrected chi connectivity index (χ3v) is 5.74. The van der Waals surface area contributed by atoms with Gasteiger partial charge in [-0.2, -0.15) is 0 Å². The van der Waals surface area contributed by atoms with Gasteiger partial charge in [-0.1, -0.05) is 6.07 Å². The Kier molecular flexibility index (Phi) is 4.78. The molecule has 4 rings (SSSR count). The number of rotatable bonds is 3. The maximum Gasteiger partial charge on any atom is 0.272 e. The van der Waals surface area contributed by atoms with Crippen molar-refractivity contribution in [3.8, 4) is 0 Å². The molecule has 0 aromatic carbocycles. The molecule has 6 nitrogen and oxygen atoms in total. The van der Waals surface area contributed by atoms with Crippen molar-refractivity contribution in [2.45, 2.75) is 13.0 Å². The fourth-order valence-corrected chi connectivity index (χ4v) is 4.41. The first-order valence-electron chi connectivity index (χ1n) is 8.63. The van der Waals surface area contributed by atoms with Crippen LogP contribution >= 0.6 is 11.3 Å². The highest BCUT2D eigenvalue weighted by molar-refractivity contribution is 7.09. The summed E-state index contributed by atoms with van der Waals surface area (Å²) < 4.78 is 5.88. The number of pyridine rings is 1. The van der Waals surface area contributed by atoms with Crippen LogP contribution in [0, 0.1) is 5.41 Å². The van der Waals surface area contributed by atoms with E-state index in [0.29, 0.717) is 25.5 Å². The van der Waals surface area contributed by atoms with Gasteiger partial charge in [0.1, 0.15) is 10.7 Å². The number of thiazole rings is 1. The van der Waals surface area contributed by atoms with Gasteiger partial charge in [-0.15, -0.1) is 11.3 Å². The third-order valence-electron chi connectivity index (χ3n) is 4.97. The normalized spacial score (nSPS) is 24.6. The molecule has 0 saturated carbocycles. The van der Waals surface area contributed by atoms with Gasteiger partial charge < -0.3 is 9.64 Å². The molecule has 2 aliphatic heterocycles. The number of carbonyl (C=O) groups excluding carboxylic acids is 1. The molecule has 2 aromatic heterocycles. The molecule has 1 atom stereocenters. The second-order valence-corrected chi connectivity index (χ2v) is 7.86. The van der Waals surface area contributed by atoms with Gasteiger partial charge in [-0.25, -0.2) is 4.98 Å². The largest absolute Gasteiger partial charge is 0.379 e. The fourth-order valence-electron chi connectivity index (χ4n) is 3.75. The number of amides is 1. The number of hydrogen-bond acceptors (Lipinski definition) is 6. The summed E-state index contributed by atoms with van der Waals surface area (Å²) in [6.07, 6.45) is 4.57. The first kappa shape index (κ1) is 16.6. The Labute approximate surface area is 151 Å². The lowest BCUT2D eigenvalue weighted by Gasteiger charge is -2.31. The molecule has 0 unspecified atom stereocenters. The maximum atomic E-state index is 12.8. The van der Waals surface area contributed by atoms with Crippen molar-refractivity contribution in [3.05, 3.63) is 46.7 Å². The summed E-state index contributed by atoms with van der Waals surface area (Å²) in [4.78, 5) is 25.8. The molecule has 25 heavy (non-hydrogen) atoms. The second kappa shape index (κ2) is 7.19. The van der Waals surface area contributed by atoms with Crippen molar-refractivity contribution >= 4 is 17.2 Å². The Morgan fingerprint density at radius 3 is 3.00 bits per heavy atom. The molecule has 1 amide bonds. The number of aromatic nitrogens is 2. The first-order chi connectivity index (χ1) is 12.2. The van der Waals surface area contributed by atoms with Crippen LogP contribution in [0.5, 0.6) is 0 Å². The Morgan fingerprint density at radius 2 is 2.20 bits per heavy atom. The molecule has 4 heterocycles. The van der Waals surface area contributed by atoms with E-state index in [4.69, 9.17) is 4.74 Å². The van der Waals surface area contributed by atoms with Crippen molar-refractivity contribution in [3.63, 3.8) is 0 Å². The van der Waals surface area contributed by atoms with Gasteiger partial charge in [-0.3, -0.25) is 14.7 Å². The minimum absolute atomic E-state index is 0.00356. The molecule has 0 radical (unpaired) electrons. The average Bonchev–Trinajstić information content (AvgIpc) is 3.23. The second-order valence-electron chi connectivity index (χ2n) is 6.88. The van der Waals surface area contributed by atoms with E-state index < -0.39 is 0 Å². The highest BCUT2D eigenvalue weighted by Gasteiger charge is 2.42. The van der Waals surface area contributed by atoms with Gasteiger partial charge in [0.2, 0.25) is 0 Å². The van der Waals surface area contributed by atoms with Crippen LogP contribution in [-0.4, -0.2) is 65.1 Å². The summed E-state index contributed by atoms with van der Waals surface area (Å²) in [5, 5.41) is 3.16. The fraction of sp³-hybridized carbons (Fsp3) is 0.500. The van der Waals surface area contributed by atoms with Crippen molar-refractivity contribution in [1.82, 2.24) is 19.8 Å². The summed E-state index contributed by atoms with van der Waals surface area (Å²) in [6, 6.07) is 5.47. The lowest BCUT2D eigenvalue weighted by molar-refractivity contribution is 0.0641. The van der Waals surface area contributed by atoms with Crippen molar-refractivity contribution in [2.24, 2.45) is 5.41 Å². The number of carbonyl (C=O) groups is 1. The summed E-state index contributed by atoms with van der Waals surface area (Å²) in [5.41, 5.74) is 0.523. The third kappa shape index (κ3) is 3.73. The maximum absolute atomic E-state index is 12.8. The van der Waals surface area contributed by atoms with Crippen LogP contribution in [0.2, 0.25) is 0 Å². The quantitative estimate of drug-likeness (QED) is 0.839. The topological polar surface area (TPSA) is 58.6 Å². The summed E-state index contributed by atoms with van der Waals surface area (Å²) in [7, 11) is 0. The van der Waals surface area contributed by atoms with E-state index in [0.717, 1.165) is 37.6 Å². The Bertz CT molecular complexity index is 709. The Morgan fingerprint density at radius 1 is 1.24 bits per heavy atom. The highest BCUT2D eigenvalue weighted by atomic mass is 32.1. The Balaban J connectivity index is 1.46. The zero-order valence-electron chi connectivity index (χ0n) is 14.1. The van der Waals surface area contributed by atoms with Crippen LogP contribution < -0.4 is 0 Å². The van der Waals surface area contributed by atoms with E-state index in [1.54, 1.807) is 23.6 Å². The number of nitrogens with zero attached hydrogens (tertiary/aromatic N) is 4. The predicted octanol–water partition coefficient (Wildman–Crippen LogP) is 1.90. The Hall–Kier alpha value is -1.83. The number of ether oxygens (including phenoxy) is 1. The molecular weight excluding hydrogens is 336 g/mol. The van der Waals surface area contributed by atoms with E-state index in [2.05, 4.69) is 14.9 Å². The van der Waals surface area contributed by atoms with Gasteiger partial charge in [-0.05, 0) is 25.1 Å². The molecule has 0 aliphatic carbocycles. The van der Waals surface area contributed by atoms with Crippen LogP contribution in [0.1, 0.15) is 21.9 Å². The zero-order chi connectivity index (χ0) is 17.1. The van der Waals surface area contributed by atoms with Crippen molar-refractivity contribution < 1.29 is 9.53 Å². The molecule has 1 spiro atoms. The van der Waals surface area contributed by atoms with Crippen LogP contribution in [0.15, 0.2) is 36.0 Å². The van der Waals surface area contributed by atoms with E-state index in [9.17, 15) is 4.79 Å². The zero-order valence-corrected chi connectivity index (χ0v) is 15.0. The van der Waals surface area contributed by atoms with Gasteiger partial charge in [0.25, 0.3) is 5.91 Å². The van der Waals surface area contributed by atoms with Crippen LogP contribution in [0.25, 0.3) is 0 Å². The molecule has 2 aliphatic rings. The van der Waals surface area contributed by atoms with E-state index in [1.807, 2.05) is 28.6 Å². The lowest BCUT2D eigenvalue weighted by atomic mass is 9.87. The van der Waals surface area contributed by atoms with E-state index in [-0.39, 0.29) is 11.3 Å².